The van der Waals surface area contributed by atoms with E-state index in [-0.39, 0.29) is 11.8 Å². The summed E-state index contributed by atoms with van der Waals surface area (Å²) < 4.78 is 0. The lowest BCUT2D eigenvalue weighted by Crippen LogP contribution is -2.28. The summed E-state index contributed by atoms with van der Waals surface area (Å²) in [7, 11) is 0. The molecule has 2 rings (SSSR count). The van der Waals surface area contributed by atoms with Gasteiger partial charge in [0, 0.05) is 13.5 Å². The quantitative estimate of drug-likeness (QED) is 0.843. The number of ketones is 1. The van der Waals surface area contributed by atoms with Crippen molar-refractivity contribution in [1.29, 1.82) is 0 Å². The molecule has 1 aromatic carbocycles. The summed E-state index contributed by atoms with van der Waals surface area (Å²) in [5.41, 5.74) is 1.02. The number of carbonyl (C=O) groups excluding carboxylic acids is 2. The number of nitrogens with zero attached hydrogens (tertiary/aromatic N) is 1. The van der Waals surface area contributed by atoms with Crippen molar-refractivity contribution in [2.45, 2.75) is 13.5 Å². The number of Topliss-reactive ketones (excluding diaryl/α,β-unsaturated/α-hetero) is 1. The zero-order valence-corrected chi connectivity index (χ0v) is 11.2. The SMILES string of the molecule is CC(=O)c1cnc(NC(=O)NCc2ccccc2)s1. The van der Waals surface area contributed by atoms with Crippen molar-refractivity contribution in [1.82, 2.24) is 10.3 Å². The van der Waals surface area contributed by atoms with Crippen molar-refractivity contribution < 1.29 is 9.59 Å². The number of hydrogen-bond donors (Lipinski definition) is 2. The van der Waals surface area contributed by atoms with Crippen LogP contribution in [0, 0.1) is 0 Å². The summed E-state index contributed by atoms with van der Waals surface area (Å²) >= 11 is 1.16. The first-order valence-corrected chi connectivity index (χ1v) is 6.52. The highest BCUT2D eigenvalue weighted by Crippen LogP contribution is 2.18. The Balaban J connectivity index is 1.85. The zero-order valence-electron chi connectivity index (χ0n) is 10.3. The molecule has 0 aliphatic heterocycles. The molecule has 0 spiro atoms. The second-order valence-electron chi connectivity index (χ2n) is 3.88. The van der Waals surface area contributed by atoms with Gasteiger partial charge in [-0.2, -0.15) is 0 Å². The first-order chi connectivity index (χ1) is 9.15. The van der Waals surface area contributed by atoms with Crippen LogP contribution >= 0.6 is 11.3 Å². The van der Waals surface area contributed by atoms with Gasteiger partial charge in [0.05, 0.1) is 11.1 Å². The van der Waals surface area contributed by atoms with E-state index in [1.165, 1.54) is 13.1 Å². The minimum absolute atomic E-state index is 0.0600. The summed E-state index contributed by atoms with van der Waals surface area (Å²) in [6.07, 6.45) is 1.46. The number of benzene rings is 1. The second-order valence-corrected chi connectivity index (χ2v) is 4.91. The van der Waals surface area contributed by atoms with Crippen LogP contribution < -0.4 is 10.6 Å². The molecule has 19 heavy (non-hydrogen) atoms. The van der Waals surface area contributed by atoms with Crippen LogP contribution in [0.4, 0.5) is 9.93 Å². The van der Waals surface area contributed by atoms with E-state index in [9.17, 15) is 9.59 Å². The molecule has 0 atom stereocenters. The van der Waals surface area contributed by atoms with E-state index in [1.807, 2.05) is 30.3 Å². The molecule has 0 saturated carbocycles. The third-order valence-corrected chi connectivity index (χ3v) is 3.38. The molecule has 2 N–H and O–H groups in total. The Hall–Kier alpha value is -2.21. The zero-order chi connectivity index (χ0) is 13.7. The highest BCUT2D eigenvalue weighted by atomic mass is 32.1. The largest absolute Gasteiger partial charge is 0.334 e. The Morgan fingerprint density at radius 3 is 2.63 bits per heavy atom. The fraction of sp³-hybridized carbons (Fsp3) is 0.154. The van der Waals surface area contributed by atoms with Crippen LogP contribution in [0.5, 0.6) is 0 Å². The van der Waals surface area contributed by atoms with Gasteiger partial charge in [-0.1, -0.05) is 41.7 Å². The van der Waals surface area contributed by atoms with Crippen LogP contribution in [0.1, 0.15) is 22.2 Å². The molecular formula is C13H13N3O2S. The first kappa shape index (κ1) is 13.2. The molecule has 5 nitrogen and oxygen atoms in total. The molecule has 0 radical (unpaired) electrons. The number of nitrogens with one attached hydrogen (secondary N) is 2. The fourth-order valence-corrected chi connectivity index (χ4v) is 2.12. The first-order valence-electron chi connectivity index (χ1n) is 5.70. The Morgan fingerprint density at radius 1 is 1.26 bits per heavy atom. The van der Waals surface area contributed by atoms with Crippen molar-refractivity contribution >= 4 is 28.3 Å². The van der Waals surface area contributed by atoms with Gasteiger partial charge in [-0.25, -0.2) is 9.78 Å². The van der Waals surface area contributed by atoms with Gasteiger partial charge in [0.15, 0.2) is 10.9 Å². The lowest BCUT2D eigenvalue weighted by molar-refractivity contribution is 0.102. The number of urea groups is 1. The molecule has 0 saturated heterocycles. The maximum Gasteiger partial charge on any atom is 0.321 e. The molecule has 0 aliphatic rings. The average molecular weight is 275 g/mol. The molecule has 1 aromatic heterocycles. The third kappa shape index (κ3) is 3.89. The van der Waals surface area contributed by atoms with Crippen LogP contribution in [0.15, 0.2) is 36.5 Å². The lowest BCUT2D eigenvalue weighted by Gasteiger charge is -2.05. The summed E-state index contributed by atoms with van der Waals surface area (Å²) in [6.45, 7) is 1.91. The van der Waals surface area contributed by atoms with E-state index < -0.39 is 0 Å². The number of anilines is 1. The minimum atomic E-state index is -0.340. The van der Waals surface area contributed by atoms with E-state index in [0.717, 1.165) is 16.9 Å². The maximum absolute atomic E-state index is 11.6. The summed E-state index contributed by atoms with van der Waals surface area (Å²) in [4.78, 5) is 27.2. The number of amides is 2. The van der Waals surface area contributed by atoms with Crippen LogP contribution in [0.3, 0.4) is 0 Å². The Kier molecular flexibility index (Phi) is 4.25. The second kappa shape index (κ2) is 6.10. The van der Waals surface area contributed by atoms with E-state index in [0.29, 0.717) is 16.6 Å². The number of carbonyl (C=O) groups is 2. The number of rotatable bonds is 4. The summed E-state index contributed by atoms with van der Waals surface area (Å²) in [5.74, 6) is -0.0600. The van der Waals surface area contributed by atoms with Gasteiger partial charge >= 0.3 is 6.03 Å². The minimum Gasteiger partial charge on any atom is -0.334 e. The fourth-order valence-electron chi connectivity index (χ4n) is 1.41. The van der Waals surface area contributed by atoms with Crippen LogP contribution in [0.25, 0.3) is 0 Å². The van der Waals surface area contributed by atoms with Gasteiger partial charge < -0.3 is 5.32 Å². The molecule has 0 unspecified atom stereocenters. The van der Waals surface area contributed by atoms with Gasteiger partial charge in [-0.3, -0.25) is 10.1 Å². The predicted molar refractivity (Wildman–Crippen MR) is 74.4 cm³/mol. The average Bonchev–Trinajstić information content (AvgIpc) is 2.86. The summed E-state index contributed by atoms with van der Waals surface area (Å²) in [6, 6.07) is 9.26. The normalized spacial score (nSPS) is 9.95. The Morgan fingerprint density at radius 2 is 2.00 bits per heavy atom. The van der Waals surface area contributed by atoms with Crippen LogP contribution in [-0.2, 0) is 6.54 Å². The smallest absolute Gasteiger partial charge is 0.321 e. The molecule has 6 heteroatoms. The molecule has 1 heterocycles. The van der Waals surface area contributed by atoms with E-state index in [4.69, 9.17) is 0 Å². The van der Waals surface area contributed by atoms with Crippen molar-refractivity contribution in [2.75, 3.05) is 5.32 Å². The van der Waals surface area contributed by atoms with Crippen molar-refractivity contribution in [3.05, 3.63) is 47.0 Å². The Bertz CT molecular complexity index is 581. The van der Waals surface area contributed by atoms with Crippen molar-refractivity contribution in [3.8, 4) is 0 Å². The van der Waals surface area contributed by atoms with Gasteiger partial charge in [0.25, 0.3) is 0 Å². The third-order valence-electron chi connectivity index (χ3n) is 2.37. The number of hydrogen-bond acceptors (Lipinski definition) is 4. The standard InChI is InChI=1S/C13H13N3O2S/c1-9(17)11-8-15-13(19-11)16-12(18)14-7-10-5-3-2-4-6-10/h2-6,8H,7H2,1H3,(H2,14,15,16,18). The van der Waals surface area contributed by atoms with Gasteiger partial charge in [-0.15, -0.1) is 0 Å². The van der Waals surface area contributed by atoms with Crippen LogP contribution in [0.2, 0.25) is 0 Å². The lowest BCUT2D eigenvalue weighted by atomic mass is 10.2. The molecule has 2 aromatic rings. The van der Waals surface area contributed by atoms with E-state index in [2.05, 4.69) is 15.6 Å². The van der Waals surface area contributed by atoms with Crippen molar-refractivity contribution in [3.63, 3.8) is 0 Å². The monoisotopic (exact) mass is 275 g/mol. The van der Waals surface area contributed by atoms with Crippen molar-refractivity contribution in [2.24, 2.45) is 0 Å². The molecular weight excluding hydrogens is 262 g/mol. The van der Waals surface area contributed by atoms with Gasteiger partial charge in [0.1, 0.15) is 0 Å². The Labute approximate surface area is 114 Å². The number of aromatic nitrogens is 1. The van der Waals surface area contributed by atoms with Crippen LogP contribution in [-0.4, -0.2) is 16.8 Å². The number of thiazole rings is 1. The highest BCUT2D eigenvalue weighted by Gasteiger charge is 2.08. The van der Waals surface area contributed by atoms with E-state index in [1.54, 1.807) is 0 Å². The maximum atomic E-state index is 11.6. The molecule has 0 bridgehead atoms. The highest BCUT2D eigenvalue weighted by molar-refractivity contribution is 7.17. The topological polar surface area (TPSA) is 71.1 Å². The van der Waals surface area contributed by atoms with Gasteiger partial charge in [-0.05, 0) is 5.56 Å². The van der Waals surface area contributed by atoms with Gasteiger partial charge in [0.2, 0.25) is 0 Å². The molecule has 0 aliphatic carbocycles. The molecule has 0 fully saturated rings. The predicted octanol–water partition coefficient (Wildman–Crippen LogP) is 2.67. The summed E-state index contributed by atoms with van der Waals surface area (Å²) in [5, 5.41) is 5.72. The molecule has 98 valence electrons. The molecule has 2 amide bonds. The van der Waals surface area contributed by atoms with E-state index >= 15 is 0 Å².